The summed E-state index contributed by atoms with van der Waals surface area (Å²) < 4.78 is 2.01. The van der Waals surface area contributed by atoms with Gasteiger partial charge in [0.05, 0.1) is 18.9 Å². The van der Waals surface area contributed by atoms with Crippen LogP contribution in [0.4, 0.5) is 4.79 Å². The van der Waals surface area contributed by atoms with E-state index in [4.69, 9.17) is 5.11 Å². The number of rotatable bonds is 7. The van der Waals surface area contributed by atoms with E-state index in [1.54, 1.807) is 12.5 Å². The summed E-state index contributed by atoms with van der Waals surface area (Å²) in [6, 6.07) is 0.623. The number of hydrogen-bond acceptors (Lipinski definition) is 4. The van der Waals surface area contributed by atoms with Gasteiger partial charge in [-0.1, -0.05) is 6.92 Å². The van der Waals surface area contributed by atoms with Crippen molar-refractivity contribution in [2.45, 2.75) is 57.3 Å². The maximum absolute atomic E-state index is 12.6. The monoisotopic (exact) mass is 349 g/mol. The van der Waals surface area contributed by atoms with Crippen molar-refractivity contribution in [3.8, 4) is 0 Å². The number of carboxylic acid groups (broad SMARTS) is 1. The van der Waals surface area contributed by atoms with Crippen LogP contribution in [0.3, 0.4) is 0 Å². The van der Waals surface area contributed by atoms with Gasteiger partial charge in [-0.3, -0.25) is 9.69 Å². The zero-order valence-corrected chi connectivity index (χ0v) is 14.7. The summed E-state index contributed by atoms with van der Waals surface area (Å²) in [5, 5.41) is 12.1. The van der Waals surface area contributed by atoms with Crippen LogP contribution < -0.4 is 5.32 Å². The standard InChI is InChI=1S/C17H27N5O3/c1-2-21(11-16(23)24)15-8-13(9-15)19-17(25)22-6-3-4-14(22)10-20-7-5-18-12-20/h5,7,12-15H,2-4,6,8-11H2,1H3,(H,19,25)(H,23,24). The summed E-state index contributed by atoms with van der Waals surface area (Å²) in [5.41, 5.74) is 0. The van der Waals surface area contributed by atoms with Crippen LogP contribution in [0.1, 0.15) is 32.6 Å². The highest BCUT2D eigenvalue weighted by molar-refractivity contribution is 5.75. The quantitative estimate of drug-likeness (QED) is 0.766. The van der Waals surface area contributed by atoms with Crippen molar-refractivity contribution < 1.29 is 14.7 Å². The Balaban J connectivity index is 1.46. The van der Waals surface area contributed by atoms with Gasteiger partial charge in [0, 0.05) is 37.6 Å². The Morgan fingerprint density at radius 1 is 1.40 bits per heavy atom. The van der Waals surface area contributed by atoms with Crippen molar-refractivity contribution in [3.05, 3.63) is 18.7 Å². The summed E-state index contributed by atoms with van der Waals surface area (Å²) in [6.07, 6.45) is 9.16. The molecule has 1 saturated heterocycles. The summed E-state index contributed by atoms with van der Waals surface area (Å²) >= 11 is 0. The molecule has 138 valence electrons. The zero-order valence-electron chi connectivity index (χ0n) is 14.7. The van der Waals surface area contributed by atoms with Crippen LogP contribution >= 0.6 is 0 Å². The summed E-state index contributed by atoms with van der Waals surface area (Å²) in [6.45, 7) is 4.34. The lowest BCUT2D eigenvalue weighted by Gasteiger charge is -2.43. The topological polar surface area (TPSA) is 90.7 Å². The number of amides is 2. The van der Waals surface area contributed by atoms with Crippen LogP contribution in [0.15, 0.2) is 18.7 Å². The largest absolute Gasteiger partial charge is 0.480 e. The minimum Gasteiger partial charge on any atom is -0.480 e. The highest BCUT2D eigenvalue weighted by Crippen LogP contribution is 2.26. The van der Waals surface area contributed by atoms with Gasteiger partial charge >= 0.3 is 12.0 Å². The maximum atomic E-state index is 12.6. The molecule has 25 heavy (non-hydrogen) atoms. The van der Waals surface area contributed by atoms with E-state index in [0.717, 1.165) is 45.3 Å². The molecule has 2 heterocycles. The number of nitrogens with one attached hydrogen (secondary N) is 1. The number of likely N-dealkylation sites (N-methyl/N-ethyl adjacent to an activating group) is 1. The van der Waals surface area contributed by atoms with Crippen molar-refractivity contribution in [2.24, 2.45) is 0 Å². The molecule has 2 aliphatic rings. The smallest absolute Gasteiger partial charge is 0.317 e. The number of hydrogen-bond donors (Lipinski definition) is 2. The Labute approximate surface area is 147 Å². The Kier molecular flexibility index (Phi) is 5.57. The SMILES string of the molecule is CCN(CC(=O)O)C1CC(NC(=O)N2CCCC2Cn2ccnc2)C1. The Hall–Kier alpha value is -2.09. The zero-order chi connectivity index (χ0) is 17.8. The van der Waals surface area contributed by atoms with Gasteiger partial charge < -0.3 is 19.9 Å². The fourth-order valence-electron chi connectivity index (χ4n) is 3.87. The molecule has 1 aliphatic carbocycles. The number of aliphatic carboxylic acids is 1. The fraction of sp³-hybridized carbons (Fsp3) is 0.706. The van der Waals surface area contributed by atoms with Gasteiger partial charge in [0.2, 0.25) is 0 Å². The van der Waals surface area contributed by atoms with E-state index in [2.05, 4.69) is 10.3 Å². The number of likely N-dealkylation sites (tertiary alicyclic amines) is 1. The van der Waals surface area contributed by atoms with Crippen molar-refractivity contribution in [1.29, 1.82) is 0 Å². The molecule has 2 amide bonds. The van der Waals surface area contributed by atoms with Gasteiger partial charge in [0.25, 0.3) is 0 Å². The second-order valence-electron chi connectivity index (χ2n) is 6.98. The Morgan fingerprint density at radius 3 is 2.84 bits per heavy atom. The van der Waals surface area contributed by atoms with E-state index in [0.29, 0.717) is 0 Å². The van der Waals surface area contributed by atoms with Crippen LogP contribution in [0.25, 0.3) is 0 Å². The molecule has 0 radical (unpaired) electrons. The first-order valence-electron chi connectivity index (χ1n) is 9.05. The minimum atomic E-state index is -0.797. The van der Waals surface area contributed by atoms with Gasteiger partial charge in [-0.15, -0.1) is 0 Å². The van der Waals surface area contributed by atoms with Crippen LogP contribution in [0.5, 0.6) is 0 Å². The highest BCUT2D eigenvalue weighted by Gasteiger charge is 2.37. The van der Waals surface area contributed by atoms with E-state index in [1.165, 1.54) is 0 Å². The third-order valence-corrected chi connectivity index (χ3v) is 5.32. The molecule has 0 spiro atoms. The molecular formula is C17H27N5O3. The average molecular weight is 349 g/mol. The third kappa shape index (κ3) is 4.31. The summed E-state index contributed by atoms with van der Waals surface area (Å²) in [4.78, 5) is 31.4. The first kappa shape index (κ1) is 17.7. The fourth-order valence-corrected chi connectivity index (χ4v) is 3.87. The second kappa shape index (κ2) is 7.86. The molecule has 1 aromatic heterocycles. The molecule has 0 bridgehead atoms. The van der Waals surface area contributed by atoms with E-state index in [-0.39, 0.29) is 30.7 Å². The summed E-state index contributed by atoms with van der Waals surface area (Å²) in [7, 11) is 0. The van der Waals surface area contributed by atoms with Crippen LogP contribution in [0.2, 0.25) is 0 Å². The maximum Gasteiger partial charge on any atom is 0.317 e. The lowest BCUT2D eigenvalue weighted by molar-refractivity contribution is -0.139. The van der Waals surface area contributed by atoms with E-state index >= 15 is 0 Å². The molecule has 2 fully saturated rings. The predicted molar refractivity (Wildman–Crippen MR) is 92.2 cm³/mol. The Bertz CT molecular complexity index is 585. The molecule has 1 unspecified atom stereocenters. The number of carboxylic acids is 1. The molecule has 1 saturated carbocycles. The number of imidazole rings is 1. The predicted octanol–water partition coefficient (Wildman–Crippen LogP) is 0.995. The van der Waals surface area contributed by atoms with Gasteiger partial charge in [-0.05, 0) is 32.2 Å². The molecule has 1 aliphatic heterocycles. The van der Waals surface area contributed by atoms with Crippen molar-refractivity contribution >= 4 is 12.0 Å². The lowest BCUT2D eigenvalue weighted by Crippen LogP contribution is -2.57. The number of urea groups is 1. The van der Waals surface area contributed by atoms with Gasteiger partial charge in [0.1, 0.15) is 0 Å². The first-order valence-corrected chi connectivity index (χ1v) is 9.05. The van der Waals surface area contributed by atoms with Crippen LogP contribution in [-0.4, -0.2) is 74.2 Å². The van der Waals surface area contributed by atoms with E-state index in [1.807, 2.05) is 27.5 Å². The molecule has 8 heteroatoms. The molecular weight excluding hydrogens is 322 g/mol. The normalized spacial score (nSPS) is 25.8. The summed E-state index contributed by atoms with van der Waals surface area (Å²) in [5.74, 6) is -0.797. The van der Waals surface area contributed by atoms with E-state index in [9.17, 15) is 9.59 Å². The molecule has 1 atom stereocenters. The number of aromatic nitrogens is 2. The number of carbonyl (C=O) groups is 2. The molecule has 8 nitrogen and oxygen atoms in total. The third-order valence-electron chi connectivity index (χ3n) is 5.32. The van der Waals surface area contributed by atoms with Gasteiger partial charge in [-0.2, -0.15) is 0 Å². The van der Waals surface area contributed by atoms with Crippen molar-refractivity contribution in [1.82, 2.24) is 24.7 Å². The van der Waals surface area contributed by atoms with Crippen LogP contribution in [0, 0.1) is 0 Å². The molecule has 0 aromatic carbocycles. The van der Waals surface area contributed by atoms with Crippen molar-refractivity contribution in [3.63, 3.8) is 0 Å². The van der Waals surface area contributed by atoms with Gasteiger partial charge in [0.15, 0.2) is 0 Å². The van der Waals surface area contributed by atoms with Crippen molar-refractivity contribution in [2.75, 3.05) is 19.6 Å². The lowest BCUT2D eigenvalue weighted by atomic mass is 9.85. The van der Waals surface area contributed by atoms with Crippen LogP contribution in [-0.2, 0) is 11.3 Å². The highest BCUT2D eigenvalue weighted by atomic mass is 16.4. The number of nitrogens with zero attached hydrogens (tertiary/aromatic N) is 4. The molecule has 2 N–H and O–H groups in total. The van der Waals surface area contributed by atoms with Gasteiger partial charge in [-0.25, -0.2) is 9.78 Å². The minimum absolute atomic E-state index is 0.00680. The number of carbonyl (C=O) groups excluding carboxylic acids is 1. The molecule has 1 aromatic rings. The first-order chi connectivity index (χ1) is 12.1. The average Bonchev–Trinajstić information content (AvgIpc) is 3.20. The molecule has 3 rings (SSSR count). The van der Waals surface area contributed by atoms with E-state index < -0.39 is 5.97 Å². The second-order valence-corrected chi connectivity index (χ2v) is 6.98. The Morgan fingerprint density at radius 2 is 2.20 bits per heavy atom.